The van der Waals surface area contributed by atoms with Crippen molar-refractivity contribution in [2.24, 2.45) is 0 Å². The summed E-state index contributed by atoms with van der Waals surface area (Å²) >= 11 is 0. The molecule has 0 heterocycles. The van der Waals surface area contributed by atoms with E-state index < -0.39 is 0 Å². The van der Waals surface area contributed by atoms with E-state index in [9.17, 15) is 4.79 Å². The summed E-state index contributed by atoms with van der Waals surface area (Å²) in [5.41, 5.74) is 0.642. The largest absolute Gasteiger partial charge is 0.494 e. The zero-order valence-corrected chi connectivity index (χ0v) is 11.9. The van der Waals surface area contributed by atoms with E-state index >= 15 is 0 Å². The smallest absolute Gasteiger partial charge is 0.179 e. The van der Waals surface area contributed by atoms with Gasteiger partial charge in [-0.25, -0.2) is 0 Å². The molecule has 0 saturated carbocycles. The number of hydrogen-bond acceptors (Lipinski definition) is 3. The molecule has 1 rings (SSSR count). The van der Waals surface area contributed by atoms with Crippen molar-refractivity contribution in [2.75, 3.05) is 6.61 Å². The molecule has 1 N–H and O–H groups in total. The Morgan fingerprint density at radius 2 is 1.83 bits per heavy atom. The van der Waals surface area contributed by atoms with Gasteiger partial charge in [-0.05, 0) is 58.9 Å². The van der Waals surface area contributed by atoms with Crippen LogP contribution in [0.4, 0.5) is 0 Å². The average Bonchev–Trinajstić information content (AvgIpc) is 2.27. The quantitative estimate of drug-likeness (QED) is 0.815. The van der Waals surface area contributed by atoms with E-state index in [-0.39, 0.29) is 17.4 Å². The van der Waals surface area contributed by atoms with E-state index in [0.29, 0.717) is 12.2 Å². The Hall–Kier alpha value is -1.35. The van der Waals surface area contributed by atoms with Crippen LogP contribution in [0.5, 0.6) is 5.75 Å². The lowest BCUT2D eigenvalue weighted by molar-refractivity contribution is 0.0935. The lowest BCUT2D eigenvalue weighted by Crippen LogP contribution is -2.46. The first-order valence-electron chi connectivity index (χ1n) is 6.38. The van der Waals surface area contributed by atoms with E-state index in [0.717, 1.165) is 5.75 Å². The molecular formula is C15H23NO2. The summed E-state index contributed by atoms with van der Waals surface area (Å²) in [6.07, 6.45) is 0. The number of nitrogens with one attached hydrogen (secondary N) is 1. The van der Waals surface area contributed by atoms with E-state index in [1.165, 1.54) is 0 Å². The van der Waals surface area contributed by atoms with E-state index in [4.69, 9.17) is 4.74 Å². The van der Waals surface area contributed by atoms with Crippen LogP contribution < -0.4 is 10.1 Å². The van der Waals surface area contributed by atoms with Crippen LogP contribution in [-0.2, 0) is 0 Å². The zero-order valence-electron chi connectivity index (χ0n) is 11.9. The van der Waals surface area contributed by atoms with Crippen molar-refractivity contribution in [1.29, 1.82) is 0 Å². The third kappa shape index (κ3) is 4.49. The van der Waals surface area contributed by atoms with Crippen LogP contribution in [0.15, 0.2) is 24.3 Å². The molecule has 0 aliphatic heterocycles. The van der Waals surface area contributed by atoms with Crippen molar-refractivity contribution in [3.05, 3.63) is 29.8 Å². The fourth-order valence-corrected chi connectivity index (χ4v) is 1.85. The summed E-state index contributed by atoms with van der Waals surface area (Å²) in [6, 6.07) is 7.10. The van der Waals surface area contributed by atoms with Gasteiger partial charge < -0.3 is 10.1 Å². The van der Waals surface area contributed by atoms with Crippen LogP contribution in [0.1, 0.15) is 45.0 Å². The first kappa shape index (κ1) is 14.7. The normalized spacial score (nSPS) is 13.2. The fourth-order valence-electron chi connectivity index (χ4n) is 1.85. The third-order valence-corrected chi connectivity index (χ3v) is 2.49. The number of rotatable bonds is 5. The Morgan fingerprint density at radius 3 is 2.28 bits per heavy atom. The van der Waals surface area contributed by atoms with Crippen LogP contribution in [0.3, 0.4) is 0 Å². The van der Waals surface area contributed by atoms with Crippen molar-refractivity contribution in [2.45, 2.75) is 46.2 Å². The molecule has 3 nitrogen and oxygen atoms in total. The molecule has 0 amide bonds. The minimum atomic E-state index is -0.192. The van der Waals surface area contributed by atoms with Crippen LogP contribution >= 0.6 is 0 Å². The first-order chi connectivity index (χ1) is 8.33. The average molecular weight is 249 g/mol. The van der Waals surface area contributed by atoms with Crippen molar-refractivity contribution in [3.63, 3.8) is 0 Å². The Bertz CT molecular complexity index is 390. The van der Waals surface area contributed by atoms with Crippen LogP contribution in [0.2, 0.25) is 0 Å². The molecule has 0 radical (unpaired) electrons. The number of hydrogen-bond donors (Lipinski definition) is 1. The molecule has 100 valence electrons. The number of benzene rings is 1. The minimum Gasteiger partial charge on any atom is -0.494 e. The first-order valence-corrected chi connectivity index (χ1v) is 6.38. The summed E-state index contributed by atoms with van der Waals surface area (Å²) in [6.45, 7) is 10.6. The van der Waals surface area contributed by atoms with Crippen LogP contribution in [0.25, 0.3) is 0 Å². The van der Waals surface area contributed by atoms with Gasteiger partial charge in [0, 0.05) is 11.1 Å². The number of ether oxygens (including phenoxy) is 1. The van der Waals surface area contributed by atoms with Gasteiger partial charge in [0.25, 0.3) is 0 Å². The molecule has 0 saturated heterocycles. The monoisotopic (exact) mass is 249 g/mol. The van der Waals surface area contributed by atoms with E-state index in [1.807, 2.05) is 38.1 Å². The van der Waals surface area contributed by atoms with Crippen LogP contribution in [-0.4, -0.2) is 24.0 Å². The summed E-state index contributed by atoms with van der Waals surface area (Å²) in [7, 11) is 0. The Kier molecular flexibility index (Phi) is 4.91. The second-order valence-corrected chi connectivity index (χ2v) is 5.44. The molecule has 1 unspecified atom stereocenters. The lowest BCUT2D eigenvalue weighted by atomic mass is 10.0. The topological polar surface area (TPSA) is 38.3 Å². The van der Waals surface area contributed by atoms with Crippen LogP contribution in [0, 0.1) is 0 Å². The molecular weight excluding hydrogens is 226 g/mol. The van der Waals surface area contributed by atoms with Gasteiger partial charge in [0.1, 0.15) is 5.75 Å². The molecule has 0 bridgehead atoms. The molecule has 1 aromatic carbocycles. The van der Waals surface area contributed by atoms with Gasteiger partial charge in [-0.15, -0.1) is 0 Å². The Morgan fingerprint density at radius 1 is 1.28 bits per heavy atom. The van der Waals surface area contributed by atoms with Gasteiger partial charge in [0.15, 0.2) is 5.78 Å². The van der Waals surface area contributed by atoms with Crippen molar-refractivity contribution in [3.8, 4) is 5.75 Å². The summed E-state index contributed by atoms with van der Waals surface area (Å²) < 4.78 is 5.35. The number of carbonyl (C=O) groups is 1. The Labute approximate surface area is 110 Å². The third-order valence-electron chi connectivity index (χ3n) is 2.49. The van der Waals surface area contributed by atoms with Gasteiger partial charge in [-0.1, -0.05) is 0 Å². The van der Waals surface area contributed by atoms with Crippen molar-refractivity contribution in [1.82, 2.24) is 5.32 Å². The predicted octanol–water partition coefficient (Wildman–Crippen LogP) is 3.04. The van der Waals surface area contributed by atoms with Gasteiger partial charge in [-0.2, -0.15) is 0 Å². The summed E-state index contributed by atoms with van der Waals surface area (Å²) in [4.78, 5) is 12.2. The number of carbonyl (C=O) groups excluding carboxylic acids is 1. The van der Waals surface area contributed by atoms with Crippen molar-refractivity contribution < 1.29 is 9.53 Å². The van der Waals surface area contributed by atoms with E-state index in [1.54, 1.807) is 0 Å². The molecule has 1 aromatic rings. The van der Waals surface area contributed by atoms with Gasteiger partial charge in [0.2, 0.25) is 0 Å². The SMILES string of the molecule is CCOc1ccc(C(=O)C(C)NC(C)(C)C)cc1. The molecule has 3 heteroatoms. The fraction of sp³-hybridized carbons (Fsp3) is 0.533. The highest BCUT2D eigenvalue weighted by molar-refractivity contribution is 6.00. The second-order valence-electron chi connectivity index (χ2n) is 5.44. The molecule has 18 heavy (non-hydrogen) atoms. The highest BCUT2D eigenvalue weighted by Gasteiger charge is 2.20. The summed E-state index contributed by atoms with van der Waals surface area (Å²) in [5, 5.41) is 3.28. The molecule has 0 aliphatic carbocycles. The standard InChI is InChI=1S/C15H23NO2/c1-6-18-13-9-7-12(8-10-13)14(17)11(2)16-15(3,4)5/h7-11,16H,6H2,1-5H3. The highest BCUT2D eigenvalue weighted by Crippen LogP contribution is 2.14. The van der Waals surface area contributed by atoms with Gasteiger partial charge >= 0.3 is 0 Å². The zero-order chi connectivity index (χ0) is 13.8. The maximum atomic E-state index is 12.2. The molecule has 0 aromatic heterocycles. The lowest BCUT2D eigenvalue weighted by Gasteiger charge is -2.25. The van der Waals surface area contributed by atoms with Gasteiger partial charge in [-0.3, -0.25) is 4.79 Å². The van der Waals surface area contributed by atoms with E-state index in [2.05, 4.69) is 26.1 Å². The predicted molar refractivity (Wildman–Crippen MR) is 74.3 cm³/mol. The molecule has 1 atom stereocenters. The van der Waals surface area contributed by atoms with Crippen molar-refractivity contribution >= 4 is 5.78 Å². The number of ketones is 1. The number of Topliss-reactive ketones (excluding diaryl/α,β-unsaturated/α-hetero) is 1. The molecule has 0 spiro atoms. The highest BCUT2D eigenvalue weighted by atomic mass is 16.5. The Balaban J connectivity index is 2.72. The van der Waals surface area contributed by atoms with Gasteiger partial charge in [0.05, 0.1) is 12.6 Å². The maximum absolute atomic E-state index is 12.2. The maximum Gasteiger partial charge on any atom is 0.179 e. The molecule has 0 fully saturated rings. The molecule has 0 aliphatic rings. The minimum absolute atomic E-state index is 0.0691. The summed E-state index contributed by atoms with van der Waals surface area (Å²) in [5.74, 6) is 0.901. The second kappa shape index (κ2) is 6.01.